The smallest absolute Gasteiger partial charge is 0.252 e. The average Bonchev–Trinajstić information content (AvgIpc) is 3.35. The number of rotatable bonds is 4. The first-order chi connectivity index (χ1) is 12.3. The summed E-state index contributed by atoms with van der Waals surface area (Å²) in [6, 6.07) is 3.72. The van der Waals surface area contributed by atoms with E-state index in [0.717, 1.165) is 56.9 Å². The van der Waals surface area contributed by atoms with Crippen molar-refractivity contribution < 1.29 is 9.32 Å². The third-order valence-electron chi connectivity index (χ3n) is 5.57. The van der Waals surface area contributed by atoms with Gasteiger partial charge in [-0.2, -0.15) is 4.98 Å². The van der Waals surface area contributed by atoms with Crippen LogP contribution in [0.2, 0.25) is 0 Å². The lowest BCUT2D eigenvalue weighted by Gasteiger charge is -2.35. The molecule has 2 saturated carbocycles. The van der Waals surface area contributed by atoms with Crippen molar-refractivity contribution in [3.63, 3.8) is 0 Å². The molecule has 2 aliphatic rings. The Balaban J connectivity index is 1.60. The molecule has 0 aliphatic heterocycles. The van der Waals surface area contributed by atoms with Crippen molar-refractivity contribution in [3.8, 4) is 11.4 Å². The molecule has 6 heteroatoms. The Hall–Kier alpha value is -2.24. The highest BCUT2D eigenvalue weighted by Crippen LogP contribution is 2.38. The SMILES string of the molecule is O=C(NC1(c2nc(-c3ccncc3)no2)CCCCC1)C1CCCC1. The molecule has 0 atom stereocenters. The van der Waals surface area contributed by atoms with Crippen molar-refractivity contribution in [1.29, 1.82) is 0 Å². The molecule has 2 aromatic heterocycles. The second-order valence-corrected chi connectivity index (χ2v) is 7.27. The van der Waals surface area contributed by atoms with E-state index in [1.165, 1.54) is 6.42 Å². The fourth-order valence-corrected chi connectivity index (χ4v) is 4.11. The number of nitrogens with one attached hydrogen (secondary N) is 1. The van der Waals surface area contributed by atoms with Gasteiger partial charge in [-0.05, 0) is 37.8 Å². The van der Waals surface area contributed by atoms with E-state index in [0.29, 0.717) is 11.7 Å². The van der Waals surface area contributed by atoms with Crippen LogP contribution in [-0.4, -0.2) is 21.0 Å². The van der Waals surface area contributed by atoms with Gasteiger partial charge in [0.2, 0.25) is 11.7 Å². The maximum atomic E-state index is 12.8. The van der Waals surface area contributed by atoms with Gasteiger partial charge in [-0.3, -0.25) is 9.78 Å². The van der Waals surface area contributed by atoms with E-state index in [2.05, 4.69) is 20.4 Å². The Morgan fingerprint density at radius 2 is 1.80 bits per heavy atom. The van der Waals surface area contributed by atoms with Gasteiger partial charge in [0.15, 0.2) is 0 Å². The van der Waals surface area contributed by atoms with Crippen LogP contribution in [0.25, 0.3) is 11.4 Å². The van der Waals surface area contributed by atoms with E-state index >= 15 is 0 Å². The molecule has 0 unspecified atom stereocenters. The highest BCUT2D eigenvalue weighted by molar-refractivity contribution is 5.79. The molecule has 25 heavy (non-hydrogen) atoms. The Kier molecular flexibility index (Phi) is 4.51. The Morgan fingerprint density at radius 3 is 2.52 bits per heavy atom. The van der Waals surface area contributed by atoms with Crippen LogP contribution in [0, 0.1) is 5.92 Å². The summed E-state index contributed by atoms with van der Waals surface area (Å²) >= 11 is 0. The molecule has 2 heterocycles. The Bertz CT molecular complexity index is 716. The number of carbonyl (C=O) groups is 1. The molecule has 0 radical (unpaired) electrons. The topological polar surface area (TPSA) is 80.9 Å². The third-order valence-corrected chi connectivity index (χ3v) is 5.57. The molecule has 0 bridgehead atoms. The number of carbonyl (C=O) groups excluding carboxylic acids is 1. The lowest BCUT2D eigenvalue weighted by molar-refractivity contribution is -0.127. The van der Waals surface area contributed by atoms with E-state index in [1.807, 2.05) is 12.1 Å². The van der Waals surface area contributed by atoms with Gasteiger partial charge in [0.1, 0.15) is 5.54 Å². The largest absolute Gasteiger partial charge is 0.341 e. The van der Waals surface area contributed by atoms with Crippen LogP contribution < -0.4 is 5.32 Å². The molecule has 132 valence electrons. The molecule has 4 rings (SSSR count). The molecule has 1 amide bonds. The second-order valence-electron chi connectivity index (χ2n) is 7.27. The first-order valence-electron chi connectivity index (χ1n) is 9.33. The second kappa shape index (κ2) is 6.94. The number of hydrogen-bond donors (Lipinski definition) is 1. The van der Waals surface area contributed by atoms with Crippen LogP contribution in [0.3, 0.4) is 0 Å². The summed E-state index contributed by atoms with van der Waals surface area (Å²) in [7, 11) is 0. The zero-order valence-corrected chi connectivity index (χ0v) is 14.4. The molecule has 2 fully saturated rings. The minimum atomic E-state index is -0.504. The van der Waals surface area contributed by atoms with E-state index in [4.69, 9.17) is 4.52 Å². The lowest BCUT2D eigenvalue weighted by atomic mass is 9.81. The molecule has 2 aromatic rings. The Morgan fingerprint density at radius 1 is 1.08 bits per heavy atom. The van der Waals surface area contributed by atoms with Gasteiger partial charge in [0.05, 0.1) is 0 Å². The molecule has 6 nitrogen and oxygen atoms in total. The maximum Gasteiger partial charge on any atom is 0.252 e. The molecular weight excluding hydrogens is 316 g/mol. The zero-order chi connectivity index (χ0) is 17.1. The maximum absolute atomic E-state index is 12.8. The van der Waals surface area contributed by atoms with E-state index in [9.17, 15) is 4.79 Å². The van der Waals surface area contributed by atoms with Gasteiger partial charge >= 0.3 is 0 Å². The van der Waals surface area contributed by atoms with Crippen LogP contribution in [0.5, 0.6) is 0 Å². The monoisotopic (exact) mass is 340 g/mol. The van der Waals surface area contributed by atoms with Crippen molar-refractivity contribution in [1.82, 2.24) is 20.4 Å². The number of aromatic nitrogens is 3. The van der Waals surface area contributed by atoms with Gasteiger partial charge < -0.3 is 9.84 Å². The third kappa shape index (κ3) is 3.30. The van der Waals surface area contributed by atoms with Gasteiger partial charge in [0.25, 0.3) is 5.89 Å². The van der Waals surface area contributed by atoms with Crippen LogP contribution in [-0.2, 0) is 10.3 Å². The van der Waals surface area contributed by atoms with E-state index in [1.54, 1.807) is 12.4 Å². The summed E-state index contributed by atoms with van der Waals surface area (Å²) in [6.07, 6.45) is 12.8. The summed E-state index contributed by atoms with van der Waals surface area (Å²) < 4.78 is 5.63. The fourth-order valence-electron chi connectivity index (χ4n) is 4.11. The predicted molar refractivity (Wildman–Crippen MR) is 92.4 cm³/mol. The van der Waals surface area contributed by atoms with E-state index < -0.39 is 5.54 Å². The molecule has 0 saturated heterocycles. The average molecular weight is 340 g/mol. The highest BCUT2D eigenvalue weighted by Gasteiger charge is 2.42. The summed E-state index contributed by atoms with van der Waals surface area (Å²) in [5, 5.41) is 7.45. The number of pyridine rings is 1. The van der Waals surface area contributed by atoms with Crippen molar-refractivity contribution in [2.45, 2.75) is 63.3 Å². The number of nitrogens with zero attached hydrogens (tertiary/aromatic N) is 3. The normalized spacial score (nSPS) is 20.5. The first kappa shape index (κ1) is 16.2. The quantitative estimate of drug-likeness (QED) is 0.920. The first-order valence-corrected chi connectivity index (χ1v) is 9.33. The van der Waals surface area contributed by atoms with E-state index in [-0.39, 0.29) is 11.8 Å². The standard InChI is InChI=1S/C19H24N4O2/c24-17(15-6-2-3-7-15)22-19(10-4-1-5-11-19)18-21-16(23-25-18)14-8-12-20-13-9-14/h8-9,12-13,15H,1-7,10-11H2,(H,22,24). The van der Waals surface area contributed by atoms with Gasteiger partial charge in [-0.1, -0.05) is 37.3 Å². The molecule has 2 aliphatic carbocycles. The fraction of sp³-hybridized carbons (Fsp3) is 0.579. The molecule has 1 N–H and O–H groups in total. The summed E-state index contributed by atoms with van der Waals surface area (Å²) in [5.74, 6) is 1.40. The minimum Gasteiger partial charge on any atom is -0.341 e. The molecular formula is C19H24N4O2. The minimum absolute atomic E-state index is 0.140. The van der Waals surface area contributed by atoms with Gasteiger partial charge in [-0.15, -0.1) is 0 Å². The van der Waals surface area contributed by atoms with Crippen LogP contribution in [0.4, 0.5) is 0 Å². The van der Waals surface area contributed by atoms with Crippen LogP contribution in [0.15, 0.2) is 29.0 Å². The number of hydrogen-bond acceptors (Lipinski definition) is 5. The predicted octanol–water partition coefficient (Wildman–Crippen LogP) is 3.60. The molecule has 0 aromatic carbocycles. The van der Waals surface area contributed by atoms with Crippen LogP contribution >= 0.6 is 0 Å². The number of amides is 1. The molecule has 0 spiro atoms. The lowest BCUT2D eigenvalue weighted by Crippen LogP contribution is -2.49. The highest BCUT2D eigenvalue weighted by atomic mass is 16.5. The zero-order valence-electron chi connectivity index (χ0n) is 14.4. The van der Waals surface area contributed by atoms with Crippen molar-refractivity contribution in [3.05, 3.63) is 30.4 Å². The Labute approximate surface area is 147 Å². The van der Waals surface area contributed by atoms with Crippen molar-refractivity contribution >= 4 is 5.91 Å². The van der Waals surface area contributed by atoms with Crippen LogP contribution in [0.1, 0.15) is 63.7 Å². The van der Waals surface area contributed by atoms with Crippen molar-refractivity contribution in [2.24, 2.45) is 5.92 Å². The summed E-state index contributed by atoms with van der Waals surface area (Å²) in [4.78, 5) is 21.4. The summed E-state index contributed by atoms with van der Waals surface area (Å²) in [6.45, 7) is 0. The summed E-state index contributed by atoms with van der Waals surface area (Å²) in [5.41, 5.74) is 0.369. The van der Waals surface area contributed by atoms with Gasteiger partial charge in [0, 0.05) is 23.9 Å². The van der Waals surface area contributed by atoms with Crippen molar-refractivity contribution in [2.75, 3.05) is 0 Å². The van der Waals surface area contributed by atoms with Gasteiger partial charge in [-0.25, -0.2) is 0 Å².